The normalized spacial score (nSPS) is 13.3. The average molecular weight is 366 g/mol. The first-order chi connectivity index (χ1) is 11.8. The van der Waals surface area contributed by atoms with Gasteiger partial charge < -0.3 is 9.67 Å². The Morgan fingerprint density at radius 3 is 2.64 bits per heavy atom. The zero-order chi connectivity index (χ0) is 18.2. The van der Waals surface area contributed by atoms with Crippen LogP contribution in [0.5, 0.6) is 0 Å². The number of aromatic nitrogens is 1. The largest absolute Gasteiger partial charge is 0.387 e. The molecule has 3 aromatic rings. The summed E-state index contributed by atoms with van der Waals surface area (Å²) in [7, 11) is -2.31. The summed E-state index contributed by atoms with van der Waals surface area (Å²) in [6.07, 6.45) is 0.767. The lowest BCUT2D eigenvalue weighted by atomic mass is 10.1. The minimum atomic E-state index is -4.20. The Labute approximate surface area is 143 Å². The molecular formula is C17H16F2N2O3S. The summed E-state index contributed by atoms with van der Waals surface area (Å²) < 4.78 is 54.9. The zero-order valence-corrected chi connectivity index (χ0v) is 14.1. The van der Waals surface area contributed by atoms with Crippen LogP contribution in [0.4, 0.5) is 8.78 Å². The Morgan fingerprint density at radius 2 is 1.92 bits per heavy atom. The van der Waals surface area contributed by atoms with Crippen molar-refractivity contribution in [3.05, 3.63) is 65.9 Å². The molecular weight excluding hydrogens is 350 g/mol. The van der Waals surface area contributed by atoms with E-state index in [0.29, 0.717) is 11.6 Å². The van der Waals surface area contributed by atoms with E-state index in [4.69, 9.17) is 0 Å². The van der Waals surface area contributed by atoms with E-state index < -0.39 is 32.7 Å². The molecule has 1 atom stereocenters. The van der Waals surface area contributed by atoms with Gasteiger partial charge >= 0.3 is 0 Å². The van der Waals surface area contributed by atoms with E-state index in [2.05, 4.69) is 4.72 Å². The van der Waals surface area contributed by atoms with Crippen LogP contribution in [-0.2, 0) is 17.1 Å². The van der Waals surface area contributed by atoms with Gasteiger partial charge in [-0.3, -0.25) is 0 Å². The van der Waals surface area contributed by atoms with Crippen molar-refractivity contribution >= 4 is 20.9 Å². The summed E-state index contributed by atoms with van der Waals surface area (Å²) in [6.45, 7) is -0.336. The lowest BCUT2D eigenvalue weighted by Gasteiger charge is -2.13. The third kappa shape index (κ3) is 3.55. The molecule has 132 valence electrons. The second-order valence-electron chi connectivity index (χ2n) is 5.69. The van der Waals surface area contributed by atoms with Gasteiger partial charge in [0.25, 0.3) is 0 Å². The van der Waals surface area contributed by atoms with E-state index in [-0.39, 0.29) is 6.54 Å². The highest BCUT2D eigenvalue weighted by molar-refractivity contribution is 7.89. The Hall–Kier alpha value is -2.29. The first-order valence-electron chi connectivity index (χ1n) is 7.46. The second kappa shape index (κ2) is 6.55. The SMILES string of the molecule is Cn1ccc2cc(C(O)CNS(=O)(=O)c3ccc(F)cc3F)ccc21. The number of halogens is 2. The van der Waals surface area contributed by atoms with Crippen LogP contribution in [0.25, 0.3) is 10.9 Å². The van der Waals surface area contributed by atoms with Crippen LogP contribution in [-0.4, -0.2) is 24.6 Å². The van der Waals surface area contributed by atoms with E-state index in [1.165, 1.54) is 0 Å². The Morgan fingerprint density at radius 1 is 1.16 bits per heavy atom. The van der Waals surface area contributed by atoms with E-state index in [0.717, 1.165) is 23.0 Å². The fraction of sp³-hybridized carbons (Fsp3) is 0.176. The quantitative estimate of drug-likeness (QED) is 0.729. The fourth-order valence-corrected chi connectivity index (χ4v) is 3.68. The van der Waals surface area contributed by atoms with Crippen molar-refractivity contribution in [1.82, 2.24) is 9.29 Å². The van der Waals surface area contributed by atoms with Gasteiger partial charge in [-0.1, -0.05) is 6.07 Å². The number of aryl methyl sites for hydroxylation is 1. The van der Waals surface area contributed by atoms with Crippen molar-refractivity contribution in [1.29, 1.82) is 0 Å². The summed E-state index contributed by atoms with van der Waals surface area (Å²) in [5.41, 5.74) is 1.51. The standard InChI is InChI=1S/C17H16F2N2O3S/c1-21-7-6-11-8-12(2-4-15(11)21)16(22)10-20-25(23,24)17-5-3-13(18)9-14(17)19/h2-9,16,20,22H,10H2,1H3. The molecule has 1 unspecified atom stereocenters. The molecule has 0 aliphatic carbocycles. The van der Waals surface area contributed by atoms with Crippen molar-refractivity contribution in [2.45, 2.75) is 11.0 Å². The fourth-order valence-electron chi connectivity index (χ4n) is 2.58. The number of hydrogen-bond donors (Lipinski definition) is 2. The molecule has 0 saturated carbocycles. The van der Waals surface area contributed by atoms with Gasteiger partial charge in [-0.05, 0) is 41.3 Å². The summed E-state index contributed by atoms with van der Waals surface area (Å²) in [4.78, 5) is -0.667. The maximum Gasteiger partial charge on any atom is 0.243 e. The molecule has 2 aromatic carbocycles. The van der Waals surface area contributed by atoms with Gasteiger partial charge in [0.15, 0.2) is 0 Å². The van der Waals surface area contributed by atoms with Crippen molar-refractivity contribution < 1.29 is 22.3 Å². The van der Waals surface area contributed by atoms with Crippen molar-refractivity contribution in [3.8, 4) is 0 Å². The molecule has 0 bridgehead atoms. The van der Waals surface area contributed by atoms with Crippen molar-refractivity contribution in [2.75, 3.05) is 6.54 Å². The van der Waals surface area contributed by atoms with Crippen LogP contribution >= 0.6 is 0 Å². The number of fused-ring (bicyclic) bond motifs is 1. The van der Waals surface area contributed by atoms with E-state index >= 15 is 0 Å². The first kappa shape index (κ1) is 17.5. The molecule has 25 heavy (non-hydrogen) atoms. The number of sulfonamides is 1. The monoisotopic (exact) mass is 366 g/mol. The van der Waals surface area contributed by atoms with Gasteiger partial charge in [-0.15, -0.1) is 0 Å². The summed E-state index contributed by atoms with van der Waals surface area (Å²) >= 11 is 0. The number of nitrogens with one attached hydrogen (secondary N) is 1. The first-order valence-corrected chi connectivity index (χ1v) is 8.94. The maximum absolute atomic E-state index is 13.6. The third-order valence-corrected chi connectivity index (χ3v) is 5.40. The predicted octanol–water partition coefficient (Wildman–Crippen LogP) is 2.47. The van der Waals surface area contributed by atoms with Crippen LogP contribution in [0, 0.1) is 11.6 Å². The highest BCUT2D eigenvalue weighted by atomic mass is 32.2. The number of nitrogens with zero attached hydrogens (tertiary/aromatic N) is 1. The number of aliphatic hydroxyl groups excluding tert-OH is 1. The van der Waals surface area contributed by atoms with Gasteiger partial charge in [-0.2, -0.15) is 0 Å². The molecule has 0 radical (unpaired) electrons. The number of hydrogen-bond acceptors (Lipinski definition) is 3. The molecule has 3 rings (SSSR count). The van der Waals surface area contributed by atoms with Crippen LogP contribution in [0.1, 0.15) is 11.7 Å². The molecule has 0 aliphatic heterocycles. The van der Waals surface area contributed by atoms with Gasteiger partial charge in [-0.25, -0.2) is 21.9 Å². The van der Waals surface area contributed by atoms with Gasteiger partial charge in [0, 0.05) is 31.4 Å². The second-order valence-corrected chi connectivity index (χ2v) is 7.42. The molecule has 8 heteroatoms. The zero-order valence-electron chi connectivity index (χ0n) is 13.3. The maximum atomic E-state index is 13.6. The van der Waals surface area contributed by atoms with Gasteiger partial charge in [0.2, 0.25) is 10.0 Å². The summed E-state index contributed by atoms with van der Waals surface area (Å²) in [5, 5.41) is 11.1. The lowest BCUT2D eigenvalue weighted by Crippen LogP contribution is -2.29. The molecule has 0 amide bonds. The Bertz CT molecular complexity index is 1030. The molecule has 0 spiro atoms. The van der Waals surface area contributed by atoms with Crippen LogP contribution in [0.3, 0.4) is 0 Å². The third-order valence-electron chi connectivity index (χ3n) is 3.94. The Kier molecular flexibility index (Phi) is 4.59. The molecule has 0 fully saturated rings. The summed E-state index contributed by atoms with van der Waals surface area (Å²) in [5.74, 6) is -2.06. The topological polar surface area (TPSA) is 71.3 Å². The van der Waals surface area contributed by atoms with E-state index in [9.17, 15) is 22.3 Å². The van der Waals surface area contributed by atoms with Crippen molar-refractivity contribution in [2.24, 2.45) is 7.05 Å². The molecule has 0 aliphatic rings. The number of benzene rings is 2. The molecule has 5 nitrogen and oxygen atoms in total. The van der Waals surface area contributed by atoms with Crippen LogP contribution in [0.15, 0.2) is 53.6 Å². The Balaban J connectivity index is 1.76. The predicted molar refractivity (Wildman–Crippen MR) is 89.4 cm³/mol. The summed E-state index contributed by atoms with van der Waals surface area (Å²) in [6, 6.07) is 9.35. The van der Waals surface area contributed by atoms with E-state index in [1.807, 2.05) is 29.9 Å². The van der Waals surface area contributed by atoms with Crippen molar-refractivity contribution in [3.63, 3.8) is 0 Å². The smallest absolute Gasteiger partial charge is 0.243 e. The number of aliphatic hydroxyl groups is 1. The van der Waals surface area contributed by atoms with Gasteiger partial charge in [0.1, 0.15) is 16.5 Å². The van der Waals surface area contributed by atoms with Crippen LogP contribution in [0.2, 0.25) is 0 Å². The minimum absolute atomic E-state index is 0.336. The van der Waals surface area contributed by atoms with E-state index in [1.54, 1.807) is 12.1 Å². The molecule has 1 heterocycles. The highest BCUT2D eigenvalue weighted by Crippen LogP contribution is 2.21. The molecule has 2 N–H and O–H groups in total. The van der Waals surface area contributed by atoms with Gasteiger partial charge in [0.05, 0.1) is 6.10 Å². The minimum Gasteiger partial charge on any atom is -0.387 e. The molecule has 0 saturated heterocycles. The molecule has 1 aromatic heterocycles. The lowest BCUT2D eigenvalue weighted by molar-refractivity contribution is 0.182. The number of rotatable bonds is 5. The highest BCUT2D eigenvalue weighted by Gasteiger charge is 2.21. The van der Waals surface area contributed by atoms with Crippen LogP contribution < -0.4 is 4.72 Å². The average Bonchev–Trinajstić information content (AvgIpc) is 2.93.